The Balaban J connectivity index is 2.07. The van der Waals surface area contributed by atoms with E-state index in [9.17, 15) is 9.18 Å². The van der Waals surface area contributed by atoms with Gasteiger partial charge in [0, 0.05) is 12.2 Å². The standard InChI is InChI=1S/C11H12FN5O/c12-8-2-1-3-9(6-8)14-11(18)10-7-17(5-4-13)16-15-10/h1-3,6-7H,4-5,13H2,(H,14,18). The van der Waals surface area contributed by atoms with Crippen LogP contribution in [0.15, 0.2) is 30.5 Å². The first kappa shape index (κ1) is 12.2. The van der Waals surface area contributed by atoms with E-state index in [0.717, 1.165) is 0 Å². The molecule has 18 heavy (non-hydrogen) atoms. The summed E-state index contributed by atoms with van der Waals surface area (Å²) in [5, 5.41) is 9.97. The van der Waals surface area contributed by atoms with Crippen molar-refractivity contribution in [1.29, 1.82) is 0 Å². The summed E-state index contributed by atoms with van der Waals surface area (Å²) < 4.78 is 14.4. The van der Waals surface area contributed by atoms with Gasteiger partial charge >= 0.3 is 0 Å². The Kier molecular flexibility index (Phi) is 3.63. The summed E-state index contributed by atoms with van der Waals surface area (Å²) in [5.41, 5.74) is 5.88. The molecule has 6 nitrogen and oxygen atoms in total. The summed E-state index contributed by atoms with van der Waals surface area (Å²) in [4.78, 5) is 11.8. The molecule has 2 aromatic rings. The Morgan fingerprint density at radius 3 is 3.06 bits per heavy atom. The van der Waals surface area contributed by atoms with E-state index < -0.39 is 11.7 Å². The van der Waals surface area contributed by atoms with Crippen molar-refractivity contribution in [3.63, 3.8) is 0 Å². The minimum Gasteiger partial charge on any atom is -0.329 e. The SMILES string of the molecule is NCCn1cc(C(=O)Nc2cccc(F)c2)nn1. The number of halogens is 1. The molecule has 0 aliphatic rings. The van der Waals surface area contributed by atoms with Crippen molar-refractivity contribution in [3.05, 3.63) is 42.0 Å². The zero-order valence-electron chi connectivity index (χ0n) is 9.51. The molecule has 0 bridgehead atoms. The third-order valence-corrected chi connectivity index (χ3v) is 2.21. The van der Waals surface area contributed by atoms with Crippen LogP contribution in [0.2, 0.25) is 0 Å². The molecule has 0 aliphatic heterocycles. The molecule has 0 spiro atoms. The van der Waals surface area contributed by atoms with Crippen LogP contribution in [0.4, 0.5) is 10.1 Å². The predicted octanol–water partition coefficient (Wildman–Crippen LogP) is 0.628. The molecule has 0 saturated heterocycles. The van der Waals surface area contributed by atoms with E-state index in [1.54, 1.807) is 6.07 Å². The lowest BCUT2D eigenvalue weighted by molar-refractivity contribution is 0.102. The zero-order chi connectivity index (χ0) is 13.0. The number of nitrogens with one attached hydrogen (secondary N) is 1. The minimum atomic E-state index is -0.441. The number of carbonyl (C=O) groups is 1. The third kappa shape index (κ3) is 2.89. The lowest BCUT2D eigenvalue weighted by Crippen LogP contribution is -2.13. The number of rotatable bonds is 4. The van der Waals surface area contributed by atoms with Gasteiger partial charge in [0.05, 0.1) is 12.7 Å². The van der Waals surface area contributed by atoms with Crippen molar-refractivity contribution < 1.29 is 9.18 Å². The normalized spacial score (nSPS) is 10.3. The summed E-state index contributed by atoms with van der Waals surface area (Å²) >= 11 is 0. The summed E-state index contributed by atoms with van der Waals surface area (Å²) in [5.74, 6) is -0.858. The van der Waals surface area contributed by atoms with Crippen LogP contribution in [0.25, 0.3) is 0 Å². The first-order valence-corrected chi connectivity index (χ1v) is 5.36. The first-order valence-electron chi connectivity index (χ1n) is 5.36. The van der Waals surface area contributed by atoms with Gasteiger partial charge < -0.3 is 11.1 Å². The van der Waals surface area contributed by atoms with Crippen LogP contribution in [0.3, 0.4) is 0 Å². The van der Waals surface area contributed by atoms with E-state index >= 15 is 0 Å². The van der Waals surface area contributed by atoms with Crippen LogP contribution in [-0.4, -0.2) is 27.4 Å². The Bertz CT molecular complexity index is 554. The molecule has 0 fully saturated rings. The highest BCUT2D eigenvalue weighted by Gasteiger charge is 2.10. The number of amides is 1. The van der Waals surface area contributed by atoms with Gasteiger partial charge in [-0.05, 0) is 18.2 Å². The van der Waals surface area contributed by atoms with Crippen LogP contribution in [0, 0.1) is 5.82 Å². The molecule has 1 amide bonds. The average Bonchev–Trinajstić information content (AvgIpc) is 2.78. The number of carbonyl (C=O) groups excluding carboxylic acids is 1. The summed E-state index contributed by atoms with van der Waals surface area (Å²) in [7, 11) is 0. The van der Waals surface area contributed by atoms with Crippen molar-refractivity contribution >= 4 is 11.6 Å². The lowest BCUT2D eigenvalue weighted by Gasteiger charge is -2.02. The molecule has 0 unspecified atom stereocenters. The zero-order valence-corrected chi connectivity index (χ0v) is 9.51. The van der Waals surface area contributed by atoms with Crippen LogP contribution in [-0.2, 0) is 6.54 Å². The number of anilines is 1. The van der Waals surface area contributed by atoms with Crippen molar-refractivity contribution in [1.82, 2.24) is 15.0 Å². The van der Waals surface area contributed by atoms with Crippen molar-refractivity contribution in [2.45, 2.75) is 6.54 Å². The molecule has 2 rings (SSSR count). The summed E-state index contributed by atoms with van der Waals surface area (Å²) in [6.07, 6.45) is 1.49. The van der Waals surface area contributed by atoms with Crippen molar-refractivity contribution in [2.75, 3.05) is 11.9 Å². The van der Waals surface area contributed by atoms with Crippen molar-refractivity contribution in [2.24, 2.45) is 5.73 Å². The van der Waals surface area contributed by atoms with Crippen molar-refractivity contribution in [3.8, 4) is 0 Å². The van der Waals surface area contributed by atoms with Crippen LogP contribution >= 0.6 is 0 Å². The maximum Gasteiger partial charge on any atom is 0.277 e. The topological polar surface area (TPSA) is 85.8 Å². The van der Waals surface area contributed by atoms with E-state index in [1.807, 2.05) is 0 Å². The van der Waals surface area contributed by atoms with Gasteiger partial charge in [0.25, 0.3) is 5.91 Å². The quantitative estimate of drug-likeness (QED) is 0.832. The highest BCUT2D eigenvalue weighted by molar-refractivity contribution is 6.02. The highest BCUT2D eigenvalue weighted by atomic mass is 19.1. The van der Waals surface area contributed by atoms with Gasteiger partial charge in [-0.2, -0.15) is 0 Å². The second-order valence-electron chi connectivity index (χ2n) is 3.62. The van der Waals surface area contributed by atoms with Gasteiger partial charge in [-0.1, -0.05) is 11.3 Å². The average molecular weight is 249 g/mol. The largest absolute Gasteiger partial charge is 0.329 e. The molecule has 1 aromatic heterocycles. The smallest absolute Gasteiger partial charge is 0.277 e. The van der Waals surface area contributed by atoms with Crippen LogP contribution < -0.4 is 11.1 Å². The Morgan fingerprint density at radius 2 is 2.33 bits per heavy atom. The van der Waals surface area contributed by atoms with E-state index in [-0.39, 0.29) is 5.69 Å². The molecule has 7 heteroatoms. The molecule has 94 valence electrons. The summed E-state index contributed by atoms with van der Waals surface area (Å²) in [6, 6.07) is 5.62. The fraction of sp³-hybridized carbons (Fsp3) is 0.182. The maximum absolute atomic E-state index is 12.9. The Hall–Kier alpha value is -2.28. The number of hydrogen-bond donors (Lipinski definition) is 2. The third-order valence-electron chi connectivity index (χ3n) is 2.21. The molecular formula is C11H12FN5O. The van der Waals surface area contributed by atoms with Crippen LogP contribution in [0.5, 0.6) is 0 Å². The number of benzene rings is 1. The maximum atomic E-state index is 12.9. The summed E-state index contributed by atoms with van der Waals surface area (Å²) in [6.45, 7) is 0.897. The molecule has 1 heterocycles. The van der Waals surface area contributed by atoms with Gasteiger partial charge in [0.2, 0.25) is 0 Å². The van der Waals surface area contributed by atoms with E-state index in [0.29, 0.717) is 18.8 Å². The minimum absolute atomic E-state index is 0.160. The predicted molar refractivity (Wildman–Crippen MR) is 63.4 cm³/mol. The van der Waals surface area contributed by atoms with Gasteiger partial charge in [0.15, 0.2) is 5.69 Å². The molecule has 1 aromatic carbocycles. The molecule has 0 atom stereocenters. The number of hydrogen-bond acceptors (Lipinski definition) is 4. The number of nitrogens with two attached hydrogens (primary N) is 1. The monoisotopic (exact) mass is 249 g/mol. The Labute approximate surface area is 103 Å². The van der Waals surface area contributed by atoms with Gasteiger partial charge in [-0.25, -0.2) is 4.39 Å². The lowest BCUT2D eigenvalue weighted by atomic mass is 10.3. The highest BCUT2D eigenvalue weighted by Crippen LogP contribution is 2.10. The van der Waals surface area contributed by atoms with E-state index in [2.05, 4.69) is 15.6 Å². The van der Waals surface area contributed by atoms with E-state index in [4.69, 9.17) is 5.73 Å². The molecule has 3 N–H and O–H groups in total. The number of aromatic nitrogens is 3. The fourth-order valence-electron chi connectivity index (χ4n) is 1.41. The number of nitrogens with zero attached hydrogens (tertiary/aromatic N) is 3. The van der Waals surface area contributed by atoms with Gasteiger partial charge in [-0.3, -0.25) is 9.48 Å². The van der Waals surface area contributed by atoms with E-state index in [1.165, 1.54) is 29.1 Å². The first-order chi connectivity index (χ1) is 8.69. The van der Waals surface area contributed by atoms with Gasteiger partial charge in [0.1, 0.15) is 5.82 Å². The molecular weight excluding hydrogens is 237 g/mol. The van der Waals surface area contributed by atoms with Crippen LogP contribution in [0.1, 0.15) is 10.5 Å². The fourth-order valence-corrected chi connectivity index (χ4v) is 1.41. The van der Waals surface area contributed by atoms with Gasteiger partial charge in [-0.15, -0.1) is 5.10 Å². The second-order valence-corrected chi connectivity index (χ2v) is 3.62. The molecule has 0 saturated carbocycles. The Morgan fingerprint density at radius 1 is 1.50 bits per heavy atom. The molecule has 0 aliphatic carbocycles. The second kappa shape index (κ2) is 5.37. The molecule has 0 radical (unpaired) electrons.